The first kappa shape index (κ1) is 10.6. The Balaban J connectivity index is 2.58. The van der Waals surface area contributed by atoms with Crippen molar-refractivity contribution in [3.8, 4) is 23.0 Å². The number of hydrogen-bond acceptors (Lipinski definition) is 6. The molecule has 1 aromatic rings. The average Bonchev–Trinajstić information content (AvgIpc) is 2.75. The van der Waals surface area contributed by atoms with Crippen LogP contribution in [0.25, 0.3) is 0 Å². The molecule has 0 saturated carbocycles. The lowest BCUT2D eigenvalue weighted by Crippen LogP contribution is -2.10. The van der Waals surface area contributed by atoms with Gasteiger partial charge in [0.15, 0.2) is 11.5 Å². The lowest BCUT2D eigenvalue weighted by atomic mass is 10.1. The molecule has 0 atom stereocenters. The maximum absolute atomic E-state index is 5.24. The van der Waals surface area contributed by atoms with Gasteiger partial charge in [-0.1, -0.05) is 6.08 Å². The minimum absolute atomic E-state index is 0.118. The summed E-state index contributed by atoms with van der Waals surface area (Å²) in [4.78, 5) is 9.48. The molecule has 0 amide bonds. The highest BCUT2D eigenvalue weighted by molar-refractivity contribution is 5.63. The zero-order valence-corrected chi connectivity index (χ0v) is 8.56. The summed E-state index contributed by atoms with van der Waals surface area (Å²) in [6.45, 7) is 3.76. The lowest BCUT2D eigenvalue weighted by molar-refractivity contribution is 0.169. The van der Waals surface area contributed by atoms with E-state index in [2.05, 4.69) is 6.58 Å². The molecule has 0 aromatic heterocycles. The molecule has 16 heavy (non-hydrogen) atoms. The number of hydrogen-bond donors (Lipinski definition) is 2. The summed E-state index contributed by atoms with van der Waals surface area (Å²) < 4.78 is 10.4. The second-order valence-electron chi connectivity index (χ2n) is 3.16. The van der Waals surface area contributed by atoms with E-state index in [4.69, 9.17) is 30.9 Å². The van der Waals surface area contributed by atoms with Gasteiger partial charge in [-0.3, -0.25) is 0 Å². The van der Waals surface area contributed by atoms with Gasteiger partial charge in [-0.2, -0.15) is 11.8 Å². The molecule has 1 aliphatic heterocycles. The molecule has 0 bridgehead atoms. The van der Waals surface area contributed by atoms with Crippen molar-refractivity contribution in [3.63, 3.8) is 0 Å². The van der Waals surface area contributed by atoms with E-state index in [1.165, 1.54) is 0 Å². The summed E-state index contributed by atoms with van der Waals surface area (Å²) in [5.41, 5.74) is 0.766. The third-order valence-corrected chi connectivity index (χ3v) is 2.25. The van der Waals surface area contributed by atoms with E-state index in [9.17, 15) is 0 Å². The Morgan fingerprint density at radius 2 is 2.06 bits per heavy atom. The Morgan fingerprint density at radius 3 is 2.69 bits per heavy atom. The fourth-order valence-electron chi connectivity index (χ4n) is 1.59. The first-order chi connectivity index (χ1) is 7.81. The van der Waals surface area contributed by atoms with E-state index < -0.39 is 0 Å². The molecule has 0 radical (unpaired) electrons. The minimum atomic E-state index is 0.118. The predicted octanol–water partition coefficient (Wildman–Crippen LogP) is 0.649. The van der Waals surface area contributed by atoms with Crippen molar-refractivity contribution < 1.29 is 19.1 Å². The number of benzene rings is 1. The normalized spacial score (nSPS) is 12.4. The Bertz CT molecular complexity index is 420. The number of allylic oxidation sites excluding steroid dienone is 1. The van der Waals surface area contributed by atoms with Crippen molar-refractivity contribution >= 4 is 0 Å². The number of ether oxygens (including phenoxy) is 2. The highest BCUT2D eigenvalue weighted by Crippen LogP contribution is 2.48. The van der Waals surface area contributed by atoms with Crippen LogP contribution in [0.3, 0.4) is 0 Å². The van der Waals surface area contributed by atoms with Gasteiger partial charge >= 0.3 is 0 Å². The molecule has 0 aliphatic carbocycles. The van der Waals surface area contributed by atoms with Gasteiger partial charge in [0, 0.05) is 5.56 Å². The quantitative estimate of drug-likeness (QED) is 0.576. The summed E-state index contributed by atoms with van der Waals surface area (Å²) in [7, 11) is 0. The van der Waals surface area contributed by atoms with Crippen LogP contribution in [-0.4, -0.2) is 6.79 Å². The van der Waals surface area contributed by atoms with Crippen molar-refractivity contribution in [1.29, 1.82) is 0 Å². The molecule has 86 valence electrons. The fourth-order valence-corrected chi connectivity index (χ4v) is 1.59. The SMILES string of the molecule is C=CCc1cc2c(c(ON)c1ON)OCO2. The molecule has 0 saturated heterocycles. The van der Waals surface area contributed by atoms with E-state index in [0.29, 0.717) is 23.7 Å². The third-order valence-electron chi connectivity index (χ3n) is 2.25. The molecule has 2 rings (SSSR count). The Labute approximate surface area is 92.2 Å². The minimum Gasteiger partial charge on any atom is -0.453 e. The van der Waals surface area contributed by atoms with Crippen molar-refractivity contribution in [2.75, 3.05) is 6.79 Å². The summed E-state index contributed by atoms with van der Waals surface area (Å²) >= 11 is 0. The van der Waals surface area contributed by atoms with E-state index >= 15 is 0 Å². The van der Waals surface area contributed by atoms with Gasteiger partial charge in [0.05, 0.1) is 0 Å². The van der Waals surface area contributed by atoms with E-state index in [1.54, 1.807) is 12.1 Å². The predicted molar refractivity (Wildman–Crippen MR) is 56.1 cm³/mol. The van der Waals surface area contributed by atoms with Crippen molar-refractivity contribution in [1.82, 2.24) is 0 Å². The van der Waals surface area contributed by atoms with Crippen molar-refractivity contribution in [2.24, 2.45) is 11.8 Å². The molecule has 1 aliphatic rings. The van der Waals surface area contributed by atoms with E-state index in [0.717, 1.165) is 5.56 Å². The van der Waals surface area contributed by atoms with Crippen LogP contribution in [0.2, 0.25) is 0 Å². The van der Waals surface area contributed by atoms with Gasteiger partial charge in [-0.25, -0.2) is 0 Å². The fraction of sp³-hybridized carbons (Fsp3) is 0.200. The van der Waals surface area contributed by atoms with Crippen molar-refractivity contribution in [2.45, 2.75) is 6.42 Å². The molecule has 1 heterocycles. The maximum atomic E-state index is 5.24. The first-order valence-electron chi connectivity index (χ1n) is 4.61. The van der Waals surface area contributed by atoms with Crippen LogP contribution in [0.4, 0.5) is 0 Å². The molecule has 0 unspecified atom stereocenters. The number of fused-ring (bicyclic) bond motifs is 1. The zero-order valence-electron chi connectivity index (χ0n) is 8.56. The second-order valence-corrected chi connectivity index (χ2v) is 3.16. The van der Waals surface area contributed by atoms with Gasteiger partial charge in [-0.05, 0) is 12.5 Å². The molecule has 4 N–H and O–H groups in total. The van der Waals surface area contributed by atoms with Crippen LogP contribution < -0.4 is 30.9 Å². The van der Waals surface area contributed by atoms with Gasteiger partial charge in [0.2, 0.25) is 18.3 Å². The summed E-state index contributed by atoms with van der Waals surface area (Å²) in [6, 6.07) is 1.76. The summed E-state index contributed by atoms with van der Waals surface area (Å²) in [5.74, 6) is 11.9. The van der Waals surface area contributed by atoms with Crippen LogP contribution in [0.15, 0.2) is 18.7 Å². The van der Waals surface area contributed by atoms with Gasteiger partial charge in [0.1, 0.15) is 0 Å². The Kier molecular flexibility index (Phi) is 2.84. The molecular formula is C10H12N2O4. The van der Waals surface area contributed by atoms with Gasteiger partial charge in [0.25, 0.3) is 0 Å². The third kappa shape index (κ3) is 1.54. The Morgan fingerprint density at radius 1 is 1.31 bits per heavy atom. The van der Waals surface area contributed by atoms with Gasteiger partial charge in [-0.15, -0.1) is 6.58 Å². The van der Waals surface area contributed by atoms with Gasteiger partial charge < -0.3 is 19.1 Å². The standard InChI is InChI=1S/C10H12N2O4/c1-2-3-6-4-7-9(14-5-13-7)10(16-12)8(6)15-11/h2,4H,1,3,5,11-12H2. The Hall–Kier alpha value is -1.92. The highest BCUT2D eigenvalue weighted by Gasteiger charge is 2.26. The molecule has 0 fully saturated rings. The summed E-state index contributed by atoms with van der Waals surface area (Å²) in [6.07, 6.45) is 2.26. The van der Waals surface area contributed by atoms with Crippen LogP contribution in [0, 0.1) is 0 Å². The molecule has 0 spiro atoms. The monoisotopic (exact) mass is 224 g/mol. The highest BCUT2D eigenvalue weighted by atomic mass is 16.7. The second kappa shape index (κ2) is 4.30. The summed E-state index contributed by atoms with van der Waals surface area (Å²) in [5, 5.41) is 0. The zero-order chi connectivity index (χ0) is 11.5. The topological polar surface area (TPSA) is 89.0 Å². The lowest BCUT2D eigenvalue weighted by Gasteiger charge is -2.12. The first-order valence-corrected chi connectivity index (χ1v) is 4.61. The van der Waals surface area contributed by atoms with Crippen molar-refractivity contribution in [3.05, 3.63) is 24.3 Å². The number of nitrogens with two attached hydrogens (primary N) is 2. The van der Waals surface area contributed by atoms with Crippen LogP contribution >= 0.6 is 0 Å². The number of rotatable bonds is 4. The molecule has 6 nitrogen and oxygen atoms in total. The molecular weight excluding hydrogens is 212 g/mol. The van der Waals surface area contributed by atoms with E-state index in [-0.39, 0.29) is 12.5 Å². The van der Waals surface area contributed by atoms with Crippen LogP contribution in [0.1, 0.15) is 5.56 Å². The van der Waals surface area contributed by atoms with Crippen LogP contribution in [-0.2, 0) is 6.42 Å². The van der Waals surface area contributed by atoms with E-state index in [1.807, 2.05) is 0 Å². The maximum Gasteiger partial charge on any atom is 0.237 e. The largest absolute Gasteiger partial charge is 0.453 e. The smallest absolute Gasteiger partial charge is 0.237 e. The average molecular weight is 224 g/mol. The molecule has 6 heteroatoms. The molecule has 1 aromatic carbocycles. The van der Waals surface area contributed by atoms with Crippen LogP contribution in [0.5, 0.6) is 23.0 Å².